The first-order chi connectivity index (χ1) is 11.3. The van der Waals surface area contributed by atoms with Gasteiger partial charge in [-0.15, -0.1) is 0 Å². The van der Waals surface area contributed by atoms with E-state index in [-0.39, 0.29) is 6.10 Å². The maximum atomic E-state index is 6.28. The average molecular weight is 333 g/mol. The SMILES string of the molecule is CCOc1ccc(Oc2cc(C3CCCCO3)ccc2Cl)cc1. The number of rotatable bonds is 5. The van der Waals surface area contributed by atoms with Gasteiger partial charge in [0.15, 0.2) is 0 Å². The maximum absolute atomic E-state index is 6.28. The summed E-state index contributed by atoms with van der Waals surface area (Å²) >= 11 is 6.28. The minimum absolute atomic E-state index is 0.142. The summed E-state index contributed by atoms with van der Waals surface area (Å²) in [5.74, 6) is 2.22. The van der Waals surface area contributed by atoms with E-state index in [0.29, 0.717) is 17.4 Å². The van der Waals surface area contributed by atoms with Crippen molar-refractivity contribution in [3.63, 3.8) is 0 Å². The van der Waals surface area contributed by atoms with Gasteiger partial charge in [-0.05, 0) is 68.1 Å². The van der Waals surface area contributed by atoms with Gasteiger partial charge in [-0.25, -0.2) is 0 Å². The predicted octanol–water partition coefficient (Wildman–Crippen LogP) is 5.77. The summed E-state index contributed by atoms with van der Waals surface area (Å²) in [6.07, 6.45) is 3.52. The van der Waals surface area contributed by atoms with E-state index >= 15 is 0 Å². The Labute approximate surface area is 142 Å². The molecule has 0 radical (unpaired) electrons. The fourth-order valence-corrected chi connectivity index (χ4v) is 2.86. The lowest BCUT2D eigenvalue weighted by Crippen LogP contribution is -2.11. The lowest BCUT2D eigenvalue weighted by molar-refractivity contribution is 0.0149. The first kappa shape index (κ1) is 16.2. The van der Waals surface area contributed by atoms with Gasteiger partial charge in [0.25, 0.3) is 0 Å². The van der Waals surface area contributed by atoms with Gasteiger partial charge < -0.3 is 14.2 Å². The fraction of sp³-hybridized carbons (Fsp3) is 0.368. The minimum Gasteiger partial charge on any atom is -0.494 e. The van der Waals surface area contributed by atoms with Crippen molar-refractivity contribution in [2.45, 2.75) is 32.3 Å². The van der Waals surface area contributed by atoms with Crippen LogP contribution in [0.15, 0.2) is 42.5 Å². The third-order valence-electron chi connectivity index (χ3n) is 3.87. The van der Waals surface area contributed by atoms with Crippen LogP contribution in [0.5, 0.6) is 17.2 Å². The van der Waals surface area contributed by atoms with Crippen molar-refractivity contribution in [3.8, 4) is 17.2 Å². The Balaban J connectivity index is 1.75. The van der Waals surface area contributed by atoms with Crippen LogP contribution in [0.1, 0.15) is 37.9 Å². The van der Waals surface area contributed by atoms with Gasteiger partial charge >= 0.3 is 0 Å². The van der Waals surface area contributed by atoms with Crippen LogP contribution in [0.25, 0.3) is 0 Å². The van der Waals surface area contributed by atoms with Crippen molar-refractivity contribution in [1.82, 2.24) is 0 Å². The Morgan fingerprint density at radius 2 is 1.87 bits per heavy atom. The number of ether oxygens (including phenoxy) is 3. The van der Waals surface area contributed by atoms with Crippen LogP contribution in [0.2, 0.25) is 5.02 Å². The van der Waals surface area contributed by atoms with E-state index in [0.717, 1.165) is 36.5 Å². The number of hydrogen-bond donors (Lipinski definition) is 0. The van der Waals surface area contributed by atoms with E-state index in [4.69, 9.17) is 25.8 Å². The summed E-state index contributed by atoms with van der Waals surface area (Å²) in [5.41, 5.74) is 1.12. The van der Waals surface area contributed by atoms with Gasteiger partial charge in [0, 0.05) is 6.61 Å². The monoisotopic (exact) mass is 332 g/mol. The number of benzene rings is 2. The van der Waals surface area contributed by atoms with E-state index in [1.54, 1.807) is 0 Å². The van der Waals surface area contributed by atoms with Crippen LogP contribution in [0.4, 0.5) is 0 Å². The quantitative estimate of drug-likeness (QED) is 0.695. The Morgan fingerprint density at radius 3 is 2.57 bits per heavy atom. The normalized spacial score (nSPS) is 17.7. The average Bonchev–Trinajstić information content (AvgIpc) is 2.59. The molecule has 23 heavy (non-hydrogen) atoms. The molecule has 4 heteroatoms. The van der Waals surface area contributed by atoms with Crippen LogP contribution < -0.4 is 9.47 Å². The van der Waals surface area contributed by atoms with E-state index in [9.17, 15) is 0 Å². The lowest BCUT2D eigenvalue weighted by atomic mass is 10.0. The molecule has 2 aromatic carbocycles. The van der Waals surface area contributed by atoms with E-state index in [1.165, 1.54) is 6.42 Å². The summed E-state index contributed by atoms with van der Waals surface area (Å²) in [6, 6.07) is 13.4. The van der Waals surface area contributed by atoms with Crippen molar-refractivity contribution >= 4 is 11.6 Å². The Bertz CT molecular complexity index is 634. The first-order valence-corrected chi connectivity index (χ1v) is 8.46. The summed E-state index contributed by atoms with van der Waals surface area (Å²) in [7, 11) is 0. The Morgan fingerprint density at radius 1 is 1.09 bits per heavy atom. The molecule has 0 aliphatic carbocycles. The summed E-state index contributed by atoms with van der Waals surface area (Å²) in [6.45, 7) is 3.43. The highest BCUT2D eigenvalue weighted by Gasteiger charge is 2.17. The van der Waals surface area contributed by atoms with E-state index < -0.39 is 0 Å². The summed E-state index contributed by atoms with van der Waals surface area (Å²) in [4.78, 5) is 0. The smallest absolute Gasteiger partial charge is 0.146 e. The lowest BCUT2D eigenvalue weighted by Gasteiger charge is -2.23. The Hall–Kier alpha value is -1.71. The summed E-state index contributed by atoms with van der Waals surface area (Å²) in [5, 5.41) is 0.596. The molecule has 0 saturated carbocycles. The van der Waals surface area contributed by atoms with Gasteiger partial charge in [-0.3, -0.25) is 0 Å². The highest BCUT2D eigenvalue weighted by Crippen LogP contribution is 2.35. The van der Waals surface area contributed by atoms with Crippen LogP contribution in [-0.2, 0) is 4.74 Å². The van der Waals surface area contributed by atoms with Crippen molar-refractivity contribution in [1.29, 1.82) is 0 Å². The van der Waals surface area contributed by atoms with Gasteiger partial charge in [0.2, 0.25) is 0 Å². The van der Waals surface area contributed by atoms with Gasteiger partial charge in [0.05, 0.1) is 17.7 Å². The molecule has 0 aromatic heterocycles. The highest BCUT2D eigenvalue weighted by molar-refractivity contribution is 6.32. The third-order valence-corrected chi connectivity index (χ3v) is 4.18. The second-order valence-electron chi connectivity index (χ2n) is 5.55. The maximum Gasteiger partial charge on any atom is 0.146 e. The largest absolute Gasteiger partial charge is 0.494 e. The predicted molar refractivity (Wildman–Crippen MR) is 91.7 cm³/mol. The van der Waals surface area contributed by atoms with Crippen molar-refractivity contribution in [3.05, 3.63) is 53.1 Å². The molecular formula is C19H21ClO3. The minimum atomic E-state index is 0.142. The molecule has 2 aromatic rings. The molecule has 3 nitrogen and oxygen atoms in total. The van der Waals surface area contributed by atoms with Crippen molar-refractivity contribution in [2.75, 3.05) is 13.2 Å². The van der Waals surface area contributed by atoms with Crippen LogP contribution >= 0.6 is 11.6 Å². The standard InChI is InChI=1S/C19H21ClO3/c1-2-21-15-7-9-16(10-8-15)23-19-13-14(6-11-17(19)20)18-5-3-4-12-22-18/h6-11,13,18H,2-5,12H2,1H3. The molecule has 0 N–H and O–H groups in total. The molecular weight excluding hydrogens is 312 g/mol. The van der Waals surface area contributed by atoms with Crippen LogP contribution in [0, 0.1) is 0 Å². The van der Waals surface area contributed by atoms with Crippen LogP contribution in [0.3, 0.4) is 0 Å². The van der Waals surface area contributed by atoms with E-state index in [1.807, 2.05) is 49.4 Å². The number of hydrogen-bond acceptors (Lipinski definition) is 3. The second-order valence-corrected chi connectivity index (χ2v) is 5.96. The van der Waals surface area contributed by atoms with Crippen molar-refractivity contribution < 1.29 is 14.2 Å². The topological polar surface area (TPSA) is 27.7 Å². The number of halogens is 1. The summed E-state index contributed by atoms with van der Waals surface area (Å²) < 4.78 is 17.2. The van der Waals surface area contributed by atoms with Gasteiger partial charge in [-0.2, -0.15) is 0 Å². The van der Waals surface area contributed by atoms with Crippen molar-refractivity contribution in [2.24, 2.45) is 0 Å². The zero-order chi connectivity index (χ0) is 16.1. The second kappa shape index (κ2) is 7.71. The zero-order valence-electron chi connectivity index (χ0n) is 13.3. The molecule has 1 unspecified atom stereocenters. The van der Waals surface area contributed by atoms with Crippen LogP contribution in [-0.4, -0.2) is 13.2 Å². The molecule has 0 bridgehead atoms. The zero-order valence-corrected chi connectivity index (χ0v) is 14.0. The third kappa shape index (κ3) is 4.18. The molecule has 122 valence electrons. The van der Waals surface area contributed by atoms with E-state index in [2.05, 4.69) is 0 Å². The molecule has 1 aliphatic rings. The molecule has 1 aliphatic heterocycles. The van der Waals surface area contributed by atoms with Gasteiger partial charge in [0.1, 0.15) is 17.2 Å². The highest BCUT2D eigenvalue weighted by atomic mass is 35.5. The fourth-order valence-electron chi connectivity index (χ4n) is 2.70. The molecule has 1 saturated heterocycles. The van der Waals surface area contributed by atoms with Gasteiger partial charge in [-0.1, -0.05) is 17.7 Å². The molecule has 0 amide bonds. The molecule has 0 spiro atoms. The molecule has 1 fully saturated rings. The Kier molecular flexibility index (Phi) is 5.42. The molecule has 3 rings (SSSR count). The molecule has 1 atom stereocenters. The first-order valence-electron chi connectivity index (χ1n) is 8.08. The molecule has 1 heterocycles.